The van der Waals surface area contributed by atoms with Crippen molar-refractivity contribution in [1.29, 1.82) is 0 Å². The molecule has 0 saturated heterocycles. The summed E-state index contributed by atoms with van der Waals surface area (Å²) < 4.78 is 0. The van der Waals surface area contributed by atoms with Crippen LogP contribution in [-0.4, -0.2) is 29.8 Å². The lowest BCUT2D eigenvalue weighted by atomic mass is 9.94. The quantitative estimate of drug-likeness (QED) is 0.790. The first-order valence-corrected chi connectivity index (χ1v) is 6.35. The lowest BCUT2D eigenvalue weighted by molar-refractivity contribution is -0.138. The molecule has 4 N–H and O–H groups in total. The lowest BCUT2D eigenvalue weighted by Gasteiger charge is -2.26. The second-order valence-corrected chi connectivity index (χ2v) is 4.54. The molecule has 0 radical (unpaired) electrons. The molecular formula is C14H21N3O2. The number of rotatable bonds is 6. The zero-order valence-electron chi connectivity index (χ0n) is 11.4. The molecule has 0 saturated carbocycles. The van der Waals surface area contributed by atoms with Gasteiger partial charge in [-0.25, -0.2) is 0 Å². The first kappa shape index (κ1) is 15.2. The molecule has 2 amide bonds. The highest BCUT2D eigenvalue weighted by atomic mass is 16.2. The van der Waals surface area contributed by atoms with Crippen molar-refractivity contribution < 1.29 is 9.59 Å². The van der Waals surface area contributed by atoms with Gasteiger partial charge in [0.15, 0.2) is 0 Å². The third-order valence-electron chi connectivity index (χ3n) is 3.15. The van der Waals surface area contributed by atoms with E-state index < -0.39 is 17.9 Å². The summed E-state index contributed by atoms with van der Waals surface area (Å²) in [7, 11) is 0. The van der Waals surface area contributed by atoms with Crippen LogP contribution in [0.2, 0.25) is 0 Å². The predicted octanol–water partition coefficient (Wildman–Crippen LogP) is 0.656. The van der Waals surface area contributed by atoms with E-state index >= 15 is 0 Å². The molecular weight excluding hydrogens is 242 g/mol. The molecule has 0 aliphatic rings. The Morgan fingerprint density at radius 3 is 2.32 bits per heavy atom. The third-order valence-corrected chi connectivity index (χ3v) is 3.15. The normalized spacial score (nSPS) is 13.6. The van der Waals surface area contributed by atoms with Crippen LogP contribution in [0.25, 0.3) is 0 Å². The summed E-state index contributed by atoms with van der Waals surface area (Å²) in [5.41, 5.74) is 12.1. The molecule has 5 heteroatoms. The Bertz CT molecular complexity index is 434. The van der Waals surface area contributed by atoms with Gasteiger partial charge in [-0.2, -0.15) is 0 Å². The molecule has 0 aromatic heterocycles. The van der Waals surface area contributed by atoms with Gasteiger partial charge in [-0.3, -0.25) is 9.59 Å². The molecule has 0 spiro atoms. The van der Waals surface area contributed by atoms with Crippen molar-refractivity contribution in [3.63, 3.8) is 0 Å². The van der Waals surface area contributed by atoms with E-state index in [-0.39, 0.29) is 12.5 Å². The maximum atomic E-state index is 12.3. The minimum Gasteiger partial charge on any atom is -0.368 e. The van der Waals surface area contributed by atoms with E-state index in [1.54, 1.807) is 6.92 Å². The van der Waals surface area contributed by atoms with Gasteiger partial charge in [0.1, 0.15) is 0 Å². The fourth-order valence-electron chi connectivity index (χ4n) is 1.94. The molecule has 104 valence electrons. The van der Waals surface area contributed by atoms with Crippen LogP contribution in [0.3, 0.4) is 0 Å². The molecule has 1 aromatic rings. The summed E-state index contributed by atoms with van der Waals surface area (Å²) in [5, 5.41) is 0. The lowest BCUT2D eigenvalue weighted by Crippen LogP contribution is -2.43. The van der Waals surface area contributed by atoms with E-state index in [0.29, 0.717) is 6.54 Å². The van der Waals surface area contributed by atoms with Crippen molar-refractivity contribution >= 4 is 11.8 Å². The van der Waals surface area contributed by atoms with Crippen molar-refractivity contribution in [3.8, 4) is 0 Å². The van der Waals surface area contributed by atoms with E-state index in [1.165, 1.54) is 4.90 Å². The van der Waals surface area contributed by atoms with Gasteiger partial charge >= 0.3 is 0 Å². The number of nitrogens with zero attached hydrogens (tertiary/aromatic N) is 1. The minimum absolute atomic E-state index is 0.0683. The van der Waals surface area contributed by atoms with Crippen LogP contribution in [0.4, 0.5) is 0 Å². The molecule has 0 heterocycles. The highest BCUT2D eigenvalue weighted by molar-refractivity contribution is 5.85. The van der Waals surface area contributed by atoms with E-state index in [4.69, 9.17) is 11.5 Å². The van der Waals surface area contributed by atoms with Crippen LogP contribution in [0, 0.1) is 5.92 Å². The van der Waals surface area contributed by atoms with Crippen molar-refractivity contribution in [3.05, 3.63) is 35.9 Å². The van der Waals surface area contributed by atoms with Crippen LogP contribution in [0.5, 0.6) is 0 Å². The summed E-state index contributed by atoms with van der Waals surface area (Å²) in [6.45, 7) is 3.94. The molecule has 1 rings (SSSR count). The molecule has 19 heavy (non-hydrogen) atoms. The second-order valence-electron chi connectivity index (χ2n) is 4.54. The van der Waals surface area contributed by atoms with Gasteiger partial charge in [-0.1, -0.05) is 37.3 Å². The Morgan fingerprint density at radius 2 is 1.84 bits per heavy atom. The molecule has 0 aliphatic carbocycles. The van der Waals surface area contributed by atoms with Gasteiger partial charge in [0, 0.05) is 12.6 Å². The second kappa shape index (κ2) is 6.89. The number of primary amides is 1. The number of benzene rings is 1. The van der Waals surface area contributed by atoms with Crippen LogP contribution in [0.15, 0.2) is 30.3 Å². The first-order chi connectivity index (χ1) is 8.97. The number of nitrogens with two attached hydrogens (primary N) is 2. The molecule has 0 fully saturated rings. The Kier molecular flexibility index (Phi) is 5.51. The van der Waals surface area contributed by atoms with Crippen LogP contribution in [0.1, 0.15) is 25.5 Å². The smallest absolute Gasteiger partial charge is 0.237 e. The van der Waals surface area contributed by atoms with Crippen LogP contribution in [-0.2, 0) is 9.59 Å². The van der Waals surface area contributed by atoms with Crippen molar-refractivity contribution in [2.24, 2.45) is 17.4 Å². The largest absolute Gasteiger partial charge is 0.368 e. The van der Waals surface area contributed by atoms with Crippen LogP contribution < -0.4 is 11.5 Å². The Labute approximate surface area is 113 Å². The van der Waals surface area contributed by atoms with Gasteiger partial charge in [0.2, 0.25) is 11.8 Å². The van der Waals surface area contributed by atoms with Gasteiger partial charge in [-0.05, 0) is 12.5 Å². The topological polar surface area (TPSA) is 89.4 Å². The molecule has 5 nitrogen and oxygen atoms in total. The zero-order chi connectivity index (χ0) is 14.4. The fourth-order valence-corrected chi connectivity index (χ4v) is 1.94. The zero-order valence-corrected chi connectivity index (χ0v) is 11.4. The SMILES string of the molecule is CCN(CC(N)=O)C(=O)C(C)C(N)c1ccccc1. The van der Waals surface area contributed by atoms with E-state index in [0.717, 1.165) is 5.56 Å². The molecule has 2 unspecified atom stereocenters. The molecule has 0 aliphatic heterocycles. The van der Waals surface area contributed by atoms with Gasteiger partial charge < -0.3 is 16.4 Å². The Morgan fingerprint density at radius 1 is 1.26 bits per heavy atom. The maximum Gasteiger partial charge on any atom is 0.237 e. The van der Waals surface area contributed by atoms with Crippen LogP contribution >= 0.6 is 0 Å². The summed E-state index contributed by atoms with van der Waals surface area (Å²) >= 11 is 0. The average molecular weight is 263 g/mol. The number of carbonyl (C=O) groups is 2. The number of carbonyl (C=O) groups excluding carboxylic acids is 2. The number of amides is 2. The Hall–Kier alpha value is -1.88. The van der Waals surface area contributed by atoms with E-state index in [9.17, 15) is 9.59 Å². The van der Waals surface area contributed by atoms with Crippen molar-refractivity contribution in [2.75, 3.05) is 13.1 Å². The van der Waals surface area contributed by atoms with Crippen molar-refractivity contribution in [1.82, 2.24) is 4.90 Å². The van der Waals surface area contributed by atoms with Gasteiger partial charge in [0.05, 0.1) is 12.5 Å². The molecule has 1 aromatic carbocycles. The monoisotopic (exact) mass is 263 g/mol. The summed E-state index contributed by atoms with van der Waals surface area (Å²) in [6.07, 6.45) is 0. The van der Waals surface area contributed by atoms with Crippen molar-refractivity contribution in [2.45, 2.75) is 19.9 Å². The Balaban J connectivity index is 2.78. The highest BCUT2D eigenvalue weighted by Crippen LogP contribution is 2.20. The minimum atomic E-state index is -0.518. The summed E-state index contributed by atoms with van der Waals surface area (Å²) in [6, 6.07) is 9.04. The number of hydrogen-bond acceptors (Lipinski definition) is 3. The standard InChI is InChI=1S/C14H21N3O2/c1-3-17(9-12(15)18)14(19)10(2)13(16)11-7-5-4-6-8-11/h4-8,10,13H,3,9,16H2,1-2H3,(H2,15,18). The molecule has 2 atom stereocenters. The number of hydrogen-bond donors (Lipinski definition) is 2. The molecule has 0 bridgehead atoms. The predicted molar refractivity (Wildman–Crippen MR) is 74.0 cm³/mol. The summed E-state index contributed by atoms with van der Waals surface area (Å²) in [4.78, 5) is 24.6. The highest BCUT2D eigenvalue weighted by Gasteiger charge is 2.26. The van der Waals surface area contributed by atoms with Gasteiger partial charge in [0.25, 0.3) is 0 Å². The summed E-state index contributed by atoms with van der Waals surface area (Å²) in [5.74, 6) is -1.07. The van der Waals surface area contributed by atoms with Gasteiger partial charge in [-0.15, -0.1) is 0 Å². The van der Waals surface area contributed by atoms with E-state index in [2.05, 4.69) is 0 Å². The number of likely N-dealkylation sites (N-methyl/N-ethyl adjacent to an activating group) is 1. The maximum absolute atomic E-state index is 12.3. The fraction of sp³-hybridized carbons (Fsp3) is 0.429. The third kappa shape index (κ3) is 4.06. The van der Waals surface area contributed by atoms with E-state index in [1.807, 2.05) is 37.3 Å². The average Bonchev–Trinajstić information content (AvgIpc) is 2.43. The first-order valence-electron chi connectivity index (χ1n) is 6.35.